The number of allylic oxidation sites excluding steroid dienone is 4. The molecule has 67 heavy (non-hydrogen) atoms. The lowest BCUT2D eigenvalue weighted by molar-refractivity contribution is -0.302. The average molecular weight is 930 g/mol. The molecule has 3 fully saturated rings. The number of esters is 1. The molecule has 13 nitrogen and oxygen atoms in total. The molecule has 13 atom stereocenters. The van der Waals surface area contributed by atoms with E-state index >= 15 is 0 Å². The Morgan fingerprint density at radius 2 is 1.67 bits per heavy atom. The van der Waals surface area contributed by atoms with Gasteiger partial charge in [-0.05, 0) is 132 Å². The summed E-state index contributed by atoms with van der Waals surface area (Å²) in [5.41, 5.74) is 4.24. The van der Waals surface area contributed by atoms with Gasteiger partial charge in [0.15, 0.2) is 0 Å². The van der Waals surface area contributed by atoms with Crippen molar-refractivity contribution in [3.05, 3.63) is 66.4 Å². The quantitative estimate of drug-likeness (QED) is 0.147. The van der Waals surface area contributed by atoms with Crippen molar-refractivity contribution >= 4 is 40.0 Å². The number of anilines is 1. The number of fused-ring (bicyclic) bond motifs is 4. The third-order valence-corrected chi connectivity index (χ3v) is 15.5. The van der Waals surface area contributed by atoms with Crippen LogP contribution in [0.3, 0.4) is 0 Å². The number of carbonyl (C=O) groups excluding carboxylic acids is 4. The summed E-state index contributed by atoms with van der Waals surface area (Å²) in [6.45, 7) is 13.9. The Morgan fingerprint density at radius 3 is 2.37 bits per heavy atom. The second-order valence-electron chi connectivity index (χ2n) is 20.4. The van der Waals surface area contributed by atoms with Gasteiger partial charge in [-0.1, -0.05) is 44.6 Å². The van der Waals surface area contributed by atoms with E-state index in [-0.39, 0.29) is 61.0 Å². The van der Waals surface area contributed by atoms with Gasteiger partial charge in [0.25, 0.3) is 11.7 Å². The fraction of sp³-hybridized carbons (Fsp3) is 0.667. The first kappa shape index (κ1) is 52.2. The number of hydrogen-bond donors (Lipinski definition) is 1. The van der Waals surface area contributed by atoms with Gasteiger partial charge < -0.3 is 43.2 Å². The van der Waals surface area contributed by atoms with Gasteiger partial charge >= 0.3 is 5.97 Å². The van der Waals surface area contributed by atoms with Crippen molar-refractivity contribution in [2.45, 2.75) is 160 Å². The molecule has 4 heterocycles. The summed E-state index contributed by atoms with van der Waals surface area (Å²) in [5.74, 6) is -6.31. The van der Waals surface area contributed by atoms with Crippen molar-refractivity contribution in [2.24, 2.45) is 36.6 Å². The lowest BCUT2D eigenvalue weighted by Crippen LogP contribution is -2.64. The summed E-state index contributed by atoms with van der Waals surface area (Å²) in [6, 6.07) is 7.79. The fourth-order valence-electron chi connectivity index (χ4n) is 11.6. The summed E-state index contributed by atoms with van der Waals surface area (Å²) in [7, 11) is 9.07. The molecule has 1 aromatic carbocycles. The molecular weight excluding hydrogens is 851 g/mol. The highest BCUT2D eigenvalue weighted by Gasteiger charge is 2.56. The van der Waals surface area contributed by atoms with Crippen molar-refractivity contribution in [1.29, 1.82) is 0 Å². The number of methoxy groups -OCH3 is 3. The van der Waals surface area contributed by atoms with Crippen LogP contribution in [0.25, 0.3) is 10.9 Å². The third kappa shape index (κ3) is 11.8. The van der Waals surface area contributed by atoms with E-state index in [1.165, 1.54) is 15.8 Å². The summed E-state index contributed by atoms with van der Waals surface area (Å²) >= 11 is 0. The van der Waals surface area contributed by atoms with E-state index in [0.29, 0.717) is 44.9 Å². The van der Waals surface area contributed by atoms with E-state index in [2.05, 4.69) is 79.7 Å². The van der Waals surface area contributed by atoms with Crippen molar-refractivity contribution in [3.8, 4) is 0 Å². The number of amides is 1. The van der Waals surface area contributed by atoms with Crippen LogP contribution in [0.5, 0.6) is 0 Å². The van der Waals surface area contributed by atoms with Gasteiger partial charge in [0.1, 0.15) is 24.0 Å². The number of rotatable bonds is 9. The maximum absolute atomic E-state index is 14.6. The van der Waals surface area contributed by atoms with E-state index in [9.17, 15) is 24.3 Å². The average Bonchev–Trinajstić information content (AvgIpc) is 3.70. The maximum atomic E-state index is 14.6. The van der Waals surface area contributed by atoms with Crippen LogP contribution in [0.4, 0.5) is 5.69 Å². The predicted octanol–water partition coefficient (Wildman–Crippen LogP) is 8.30. The molecule has 1 aliphatic carbocycles. The SMILES string of the molecule is C=CCC1/C=C(\C)CC(C)CC(OC)C2OC(O)(C(=O)C(=O)N3CCCCC3C(=O)OC(C(C)=CC3CCC(N(C)c4ccc5c(ccn5C)c4)C(OC)C3)C(C)CCC1=O)C(C)CC2OC. The molecule has 1 N–H and O–H groups in total. The third-order valence-electron chi connectivity index (χ3n) is 15.5. The number of carbonyl (C=O) groups is 4. The molecule has 2 bridgehead atoms. The lowest BCUT2D eigenvalue weighted by atomic mass is 9.80. The standard InChI is InChI=1S/C54H79N3O10/c1-12-15-40-27-33(2)26-34(3)28-47(64-10)50-48(65-11)30-37(6)54(62,67-50)51(59)52(60)57-24-14-13-16-44(57)53(61)66-49(35(4)17-22-45(40)58)36(5)29-38-18-20-43(46(31-38)63-9)56(8)41-19-21-42-39(32-41)23-25-55(42)7/h12,19,21,23,25,27,29,32,34-35,37-38,40,43-44,46-50,62H,1,13-18,20,22,24,26,28,30-31H2,2-11H3/b33-27+,36-29?. The highest BCUT2D eigenvalue weighted by atomic mass is 16.7. The van der Waals surface area contributed by atoms with Gasteiger partial charge in [0, 0.05) is 83.0 Å². The van der Waals surface area contributed by atoms with Gasteiger partial charge in [0.05, 0.1) is 24.4 Å². The number of hydrogen-bond acceptors (Lipinski definition) is 11. The number of likely N-dealkylation sites (N-methyl/N-ethyl adjacent to an activating group) is 1. The number of benzene rings is 1. The molecule has 3 aliphatic heterocycles. The minimum absolute atomic E-state index is 0.0534. The first-order valence-corrected chi connectivity index (χ1v) is 24.8. The van der Waals surface area contributed by atoms with Crippen LogP contribution in [0.2, 0.25) is 0 Å². The van der Waals surface area contributed by atoms with E-state index in [1.807, 2.05) is 20.8 Å². The number of ether oxygens (including phenoxy) is 5. The molecule has 0 spiro atoms. The smallest absolute Gasteiger partial charge is 0.329 e. The molecule has 13 heteroatoms. The Balaban J connectivity index is 1.30. The van der Waals surface area contributed by atoms with Crippen LogP contribution < -0.4 is 4.90 Å². The number of nitrogens with zero attached hydrogens (tertiary/aromatic N) is 3. The Kier molecular flexibility index (Phi) is 17.9. The van der Waals surface area contributed by atoms with Gasteiger partial charge in [-0.2, -0.15) is 0 Å². The summed E-state index contributed by atoms with van der Waals surface area (Å²) < 4.78 is 33.0. The van der Waals surface area contributed by atoms with Crippen LogP contribution in [-0.2, 0) is 49.9 Å². The van der Waals surface area contributed by atoms with Crippen molar-refractivity contribution in [2.75, 3.05) is 39.8 Å². The normalized spacial score (nSPS) is 35.5. The van der Waals surface area contributed by atoms with Crippen LogP contribution >= 0.6 is 0 Å². The van der Waals surface area contributed by atoms with Crippen molar-refractivity contribution in [1.82, 2.24) is 9.47 Å². The Hall–Kier alpha value is -4.14. The molecular formula is C54H79N3O10. The Labute approximate surface area is 399 Å². The van der Waals surface area contributed by atoms with Crippen molar-refractivity contribution in [3.63, 3.8) is 0 Å². The second kappa shape index (κ2) is 23.0. The minimum Gasteiger partial charge on any atom is -0.456 e. The van der Waals surface area contributed by atoms with Crippen LogP contribution in [0.1, 0.15) is 112 Å². The van der Waals surface area contributed by atoms with Crippen LogP contribution in [0, 0.1) is 29.6 Å². The number of aromatic nitrogens is 1. The summed E-state index contributed by atoms with van der Waals surface area (Å²) in [4.78, 5) is 61.1. The van der Waals surface area contributed by atoms with Crippen molar-refractivity contribution < 1.29 is 48.0 Å². The Morgan fingerprint density at radius 1 is 0.955 bits per heavy atom. The molecule has 1 aromatic heterocycles. The number of piperidine rings is 1. The molecule has 370 valence electrons. The predicted molar refractivity (Wildman–Crippen MR) is 260 cm³/mol. The summed E-state index contributed by atoms with van der Waals surface area (Å²) in [6.07, 6.45) is 12.1. The van der Waals surface area contributed by atoms with Crippen LogP contribution in [0.15, 0.2) is 66.4 Å². The maximum Gasteiger partial charge on any atom is 0.329 e. The molecule has 1 saturated carbocycles. The van der Waals surface area contributed by atoms with Gasteiger partial charge in [-0.3, -0.25) is 14.4 Å². The zero-order valence-corrected chi connectivity index (χ0v) is 41.9. The van der Waals surface area contributed by atoms with Gasteiger partial charge in [-0.25, -0.2) is 4.79 Å². The van der Waals surface area contributed by atoms with E-state index in [4.69, 9.17) is 23.7 Å². The van der Waals surface area contributed by atoms with E-state index < -0.39 is 59.8 Å². The number of Topliss-reactive ketones (excluding diaryl/α,β-unsaturated/α-hetero) is 2. The number of aryl methyl sites for hydroxylation is 1. The zero-order chi connectivity index (χ0) is 48.7. The van der Waals surface area contributed by atoms with E-state index in [0.717, 1.165) is 36.1 Å². The number of cyclic esters (lactones) is 1. The second-order valence-corrected chi connectivity index (χ2v) is 20.4. The minimum atomic E-state index is -2.48. The molecule has 6 rings (SSSR count). The van der Waals surface area contributed by atoms with Crippen LogP contribution in [-0.4, -0.2) is 121 Å². The molecule has 4 aliphatic rings. The number of aliphatic hydroxyl groups is 1. The molecule has 1 amide bonds. The molecule has 13 unspecified atom stereocenters. The summed E-state index contributed by atoms with van der Waals surface area (Å²) in [5, 5.41) is 13.4. The van der Waals surface area contributed by atoms with Gasteiger partial charge in [0.2, 0.25) is 5.79 Å². The zero-order valence-electron chi connectivity index (χ0n) is 41.9. The fourth-order valence-corrected chi connectivity index (χ4v) is 11.6. The van der Waals surface area contributed by atoms with E-state index in [1.54, 1.807) is 34.3 Å². The first-order chi connectivity index (χ1) is 31.9. The topological polar surface area (TPSA) is 146 Å². The Bertz CT molecular complexity index is 2130. The monoisotopic (exact) mass is 930 g/mol. The largest absolute Gasteiger partial charge is 0.456 e. The molecule has 0 radical (unpaired) electrons. The van der Waals surface area contributed by atoms with Gasteiger partial charge in [-0.15, -0.1) is 6.58 Å². The highest BCUT2D eigenvalue weighted by molar-refractivity contribution is 6.39. The first-order valence-electron chi connectivity index (χ1n) is 24.8. The highest BCUT2D eigenvalue weighted by Crippen LogP contribution is 2.40. The number of ketones is 2. The lowest BCUT2D eigenvalue weighted by Gasteiger charge is -2.47. The molecule has 2 aromatic rings. The molecule has 2 saturated heterocycles.